The molecule has 2 rings (SSSR count). The Hall–Kier alpha value is -1.10. The molecule has 21 heavy (non-hydrogen) atoms. The van der Waals surface area contributed by atoms with E-state index in [1.807, 2.05) is 0 Å². The zero-order valence-electron chi connectivity index (χ0n) is 14.1. The van der Waals surface area contributed by atoms with Crippen LogP contribution in [0.25, 0.3) is 0 Å². The molecule has 1 aliphatic heterocycles. The van der Waals surface area contributed by atoms with Gasteiger partial charge in [0.25, 0.3) is 0 Å². The van der Waals surface area contributed by atoms with E-state index in [0.717, 1.165) is 19.6 Å². The summed E-state index contributed by atoms with van der Waals surface area (Å²) in [5.41, 5.74) is 2.67. The SMILES string of the molecule is C[C@@H](NC[C@H]1CN(C)CCN1C)c1ccccc1N(C)C. The Morgan fingerprint density at radius 3 is 2.67 bits per heavy atom. The van der Waals surface area contributed by atoms with E-state index in [-0.39, 0.29) is 0 Å². The highest BCUT2D eigenvalue weighted by Crippen LogP contribution is 2.24. The van der Waals surface area contributed by atoms with E-state index in [4.69, 9.17) is 0 Å². The minimum atomic E-state index is 0.365. The van der Waals surface area contributed by atoms with Crippen molar-refractivity contribution in [1.29, 1.82) is 0 Å². The number of hydrogen-bond acceptors (Lipinski definition) is 4. The van der Waals surface area contributed by atoms with Gasteiger partial charge in [0.1, 0.15) is 0 Å². The minimum Gasteiger partial charge on any atom is -0.377 e. The lowest BCUT2D eigenvalue weighted by atomic mass is 10.0. The third-order valence-corrected chi connectivity index (χ3v) is 4.52. The molecule has 0 aliphatic carbocycles. The molecule has 1 saturated heterocycles. The molecule has 0 saturated carbocycles. The van der Waals surface area contributed by atoms with E-state index in [0.29, 0.717) is 12.1 Å². The van der Waals surface area contributed by atoms with E-state index in [9.17, 15) is 0 Å². The molecular formula is C17H30N4. The predicted molar refractivity (Wildman–Crippen MR) is 91.1 cm³/mol. The average molecular weight is 290 g/mol. The van der Waals surface area contributed by atoms with Crippen molar-refractivity contribution in [3.05, 3.63) is 29.8 Å². The van der Waals surface area contributed by atoms with Gasteiger partial charge in [-0.2, -0.15) is 0 Å². The molecule has 0 radical (unpaired) electrons. The summed E-state index contributed by atoms with van der Waals surface area (Å²) < 4.78 is 0. The second-order valence-corrected chi connectivity index (χ2v) is 6.48. The fourth-order valence-electron chi connectivity index (χ4n) is 3.01. The molecule has 0 unspecified atom stereocenters. The number of benzene rings is 1. The van der Waals surface area contributed by atoms with Crippen LogP contribution in [0, 0.1) is 0 Å². The summed E-state index contributed by atoms with van der Waals surface area (Å²) in [6.07, 6.45) is 0. The molecule has 0 spiro atoms. The van der Waals surface area contributed by atoms with Gasteiger partial charge in [0.2, 0.25) is 0 Å². The molecule has 1 heterocycles. The van der Waals surface area contributed by atoms with Crippen molar-refractivity contribution in [2.75, 3.05) is 59.3 Å². The summed E-state index contributed by atoms with van der Waals surface area (Å²) in [5, 5.41) is 3.72. The van der Waals surface area contributed by atoms with Crippen molar-refractivity contribution in [2.24, 2.45) is 0 Å². The van der Waals surface area contributed by atoms with Crippen LogP contribution in [0.1, 0.15) is 18.5 Å². The molecule has 1 N–H and O–H groups in total. The van der Waals surface area contributed by atoms with Gasteiger partial charge in [-0.05, 0) is 32.6 Å². The second kappa shape index (κ2) is 7.25. The van der Waals surface area contributed by atoms with E-state index < -0.39 is 0 Å². The van der Waals surface area contributed by atoms with Crippen LogP contribution in [0.15, 0.2) is 24.3 Å². The fourth-order valence-corrected chi connectivity index (χ4v) is 3.01. The molecule has 4 heteroatoms. The van der Waals surface area contributed by atoms with Crippen LogP contribution >= 0.6 is 0 Å². The van der Waals surface area contributed by atoms with Gasteiger partial charge in [-0.3, -0.25) is 4.90 Å². The molecule has 0 amide bonds. The van der Waals surface area contributed by atoms with Gasteiger partial charge in [-0.25, -0.2) is 0 Å². The lowest BCUT2D eigenvalue weighted by Crippen LogP contribution is -2.53. The standard InChI is InChI=1S/C17H30N4/c1-14(16-8-6-7-9-17(16)19(2)3)18-12-15-13-20(4)10-11-21(15)5/h6-9,14-15,18H,10-13H2,1-5H3/t14-,15+/m1/s1. The van der Waals surface area contributed by atoms with Crippen molar-refractivity contribution < 1.29 is 0 Å². The van der Waals surface area contributed by atoms with Crippen LogP contribution in [0.3, 0.4) is 0 Å². The summed E-state index contributed by atoms with van der Waals surface area (Å²) >= 11 is 0. The Balaban J connectivity index is 1.97. The number of para-hydroxylation sites is 1. The zero-order valence-corrected chi connectivity index (χ0v) is 14.1. The van der Waals surface area contributed by atoms with Crippen molar-refractivity contribution in [3.8, 4) is 0 Å². The third-order valence-electron chi connectivity index (χ3n) is 4.52. The highest BCUT2D eigenvalue weighted by molar-refractivity contribution is 5.53. The average Bonchev–Trinajstić information content (AvgIpc) is 2.47. The first-order valence-corrected chi connectivity index (χ1v) is 7.87. The lowest BCUT2D eigenvalue weighted by Gasteiger charge is -2.38. The van der Waals surface area contributed by atoms with Crippen molar-refractivity contribution in [2.45, 2.75) is 19.0 Å². The Kier molecular flexibility index (Phi) is 5.62. The van der Waals surface area contributed by atoms with Gasteiger partial charge < -0.3 is 15.1 Å². The van der Waals surface area contributed by atoms with E-state index in [1.54, 1.807) is 0 Å². The van der Waals surface area contributed by atoms with Gasteiger partial charge >= 0.3 is 0 Å². The van der Waals surface area contributed by atoms with Crippen LogP contribution in [0.5, 0.6) is 0 Å². The van der Waals surface area contributed by atoms with Crippen LogP contribution < -0.4 is 10.2 Å². The molecule has 1 aliphatic rings. The number of likely N-dealkylation sites (N-methyl/N-ethyl adjacent to an activating group) is 2. The summed E-state index contributed by atoms with van der Waals surface area (Å²) in [6, 6.07) is 9.61. The zero-order chi connectivity index (χ0) is 15.4. The van der Waals surface area contributed by atoms with Crippen LogP contribution in [0.2, 0.25) is 0 Å². The highest BCUT2D eigenvalue weighted by atomic mass is 15.3. The maximum Gasteiger partial charge on any atom is 0.0409 e. The van der Waals surface area contributed by atoms with Gasteiger partial charge in [0.05, 0.1) is 0 Å². The second-order valence-electron chi connectivity index (χ2n) is 6.48. The number of anilines is 1. The monoisotopic (exact) mass is 290 g/mol. The molecule has 0 bridgehead atoms. The highest BCUT2D eigenvalue weighted by Gasteiger charge is 2.22. The molecular weight excluding hydrogens is 260 g/mol. The Bertz CT molecular complexity index is 446. The number of nitrogens with zero attached hydrogens (tertiary/aromatic N) is 3. The molecule has 1 aromatic carbocycles. The smallest absolute Gasteiger partial charge is 0.0409 e. The predicted octanol–water partition coefficient (Wildman–Crippen LogP) is 1.65. The van der Waals surface area contributed by atoms with Gasteiger partial charge in [0, 0.05) is 58.0 Å². The Morgan fingerprint density at radius 2 is 1.95 bits per heavy atom. The summed E-state index contributed by atoms with van der Waals surface area (Å²) in [4.78, 5) is 7.08. The van der Waals surface area contributed by atoms with Gasteiger partial charge in [-0.1, -0.05) is 18.2 Å². The molecule has 1 fully saturated rings. The number of nitrogens with one attached hydrogen (secondary N) is 1. The van der Waals surface area contributed by atoms with Crippen molar-refractivity contribution >= 4 is 5.69 Å². The maximum atomic E-state index is 3.72. The van der Waals surface area contributed by atoms with Crippen LogP contribution in [0.4, 0.5) is 5.69 Å². The molecule has 0 aromatic heterocycles. The molecule has 1 aromatic rings. The topological polar surface area (TPSA) is 21.8 Å². The number of piperazine rings is 1. The first kappa shape index (κ1) is 16.3. The third kappa shape index (κ3) is 4.19. The summed E-state index contributed by atoms with van der Waals surface area (Å²) in [6.45, 7) is 6.77. The fraction of sp³-hybridized carbons (Fsp3) is 0.647. The lowest BCUT2D eigenvalue weighted by molar-refractivity contribution is 0.112. The van der Waals surface area contributed by atoms with Gasteiger partial charge in [0.15, 0.2) is 0 Å². The first-order valence-electron chi connectivity index (χ1n) is 7.87. The number of rotatable bonds is 5. The van der Waals surface area contributed by atoms with Crippen LogP contribution in [-0.2, 0) is 0 Å². The largest absolute Gasteiger partial charge is 0.377 e. The number of hydrogen-bond donors (Lipinski definition) is 1. The van der Waals surface area contributed by atoms with E-state index in [2.05, 4.69) is 79.4 Å². The van der Waals surface area contributed by atoms with Crippen LogP contribution in [-0.4, -0.2) is 70.2 Å². The van der Waals surface area contributed by atoms with Crippen molar-refractivity contribution in [3.63, 3.8) is 0 Å². The molecule has 2 atom stereocenters. The quantitative estimate of drug-likeness (QED) is 0.890. The minimum absolute atomic E-state index is 0.365. The Morgan fingerprint density at radius 1 is 1.24 bits per heavy atom. The normalized spacial score (nSPS) is 22.2. The molecule has 4 nitrogen and oxygen atoms in total. The first-order chi connectivity index (χ1) is 9.99. The maximum absolute atomic E-state index is 3.72. The van der Waals surface area contributed by atoms with Gasteiger partial charge in [-0.15, -0.1) is 0 Å². The van der Waals surface area contributed by atoms with Crippen molar-refractivity contribution in [1.82, 2.24) is 15.1 Å². The van der Waals surface area contributed by atoms with E-state index >= 15 is 0 Å². The Labute approximate surface area is 129 Å². The summed E-state index contributed by atoms with van der Waals surface area (Å²) in [5.74, 6) is 0. The molecule has 118 valence electrons. The summed E-state index contributed by atoms with van der Waals surface area (Å²) in [7, 11) is 8.66. The van der Waals surface area contributed by atoms with E-state index in [1.165, 1.54) is 17.8 Å².